The van der Waals surface area contributed by atoms with Gasteiger partial charge in [-0.3, -0.25) is 14.2 Å². The molecule has 0 aliphatic rings. The van der Waals surface area contributed by atoms with E-state index in [4.69, 9.17) is 28.2 Å². The first-order valence-electron chi connectivity index (χ1n) is 9.84. The minimum atomic E-state index is -0.188. The summed E-state index contributed by atoms with van der Waals surface area (Å²) in [6.07, 6.45) is 1.16. The average molecular weight is 464 g/mol. The fraction of sp³-hybridized carbons (Fsp3) is 0.318. The van der Waals surface area contributed by atoms with Gasteiger partial charge in [-0.15, -0.1) is 0 Å². The van der Waals surface area contributed by atoms with E-state index in [9.17, 15) is 9.59 Å². The molecule has 0 saturated carbocycles. The summed E-state index contributed by atoms with van der Waals surface area (Å²) in [4.78, 5) is 32.0. The maximum atomic E-state index is 13.3. The molecule has 3 rings (SSSR count). The first-order valence-corrected chi connectivity index (χ1v) is 11.6. The average Bonchev–Trinajstić information content (AvgIpc) is 2.73. The van der Waals surface area contributed by atoms with Gasteiger partial charge in [0.15, 0.2) is 5.16 Å². The monoisotopic (exact) mass is 463 g/mol. The van der Waals surface area contributed by atoms with Crippen LogP contribution in [-0.4, -0.2) is 39.2 Å². The molecule has 0 unspecified atom stereocenters. The van der Waals surface area contributed by atoms with Crippen LogP contribution < -0.4 is 5.56 Å². The molecular weight excluding hydrogens is 441 g/mol. The van der Waals surface area contributed by atoms with Crippen molar-refractivity contribution in [3.8, 4) is 5.69 Å². The van der Waals surface area contributed by atoms with E-state index in [1.165, 1.54) is 16.3 Å². The molecule has 158 valence electrons. The normalized spacial score (nSPS) is 11.1. The van der Waals surface area contributed by atoms with Crippen LogP contribution in [0.5, 0.6) is 0 Å². The van der Waals surface area contributed by atoms with Gasteiger partial charge in [-0.25, -0.2) is 4.98 Å². The van der Waals surface area contributed by atoms with Crippen molar-refractivity contribution in [2.24, 2.45) is 0 Å². The van der Waals surface area contributed by atoms with Crippen molar-refractivity contribution in [2.75, 3.05) is 18.8 Å². The second kappa shape index (κ2) is 10.3. The molecule has 0 saturated heterocycles. The number of rotatable bonds is 8. The third-order valence-corrected chi connectivity index (χ3v) is 6.34. The van der Waals surface area contributed by atoms with Gasteiger partial charge in [0, 0.05) is 30.3 Å². The minimum absolute atomic E-state index is 0.144. The van der Waals surface area contributed by atoms with Crippen molar-refractivity contribution in [3.05, 3.63) is 62.9 Å². The van der Waals surface area contributed by atoms with Crippen LogP contribution in [0, 0.1) is 0 Å². The molecule has 8 heteroatoms. The zero-order chi connectivity index (χ0) is 21.7. The molecule has 1 heterocycles. The largest absolute Gasteiger partial charge is 0.343 e. The van der Waals surface area contributed by atoms with Crippen LogP contribution in [-0.2, 0) is 4.79 Å². The number of hydrogen-bond donors (Lipinski definition) is 0. The molecule has 0 aliphatic heterocycles. The number of nitrogens with zero attached hydrogens (tertiary/aromatic N) is 3. The highest BCUT2D eigenvalue weighted by Crippen LogP contribution is 2.28. The number of para-hydroxylation sites is 1. The summed E-state index contributed by atoms with van der Waals surface area (Å²) in [6.45, 7) is 5.38. The standard InChI is InChI=1S/C22H23Cl2N3O2S/c1-3-26(4-2)20(28)10-7-13-30-22-25-18-9-6-5-8-16(18)21(29)27(22)19-12-11-15(23)14-17(19)24/h5-6,8-9,11-12,14H,3-4,7,10,13H2,1-2H3. The van der Waals surface area contributed by atoms with Gasteiger partial charge in [0.2, 0.25) is 5.91 Å². The van der Waals surface area contributed by atoms with E-state index in [1.54, 1.807) is 24.3 Å². The molecule has 0 atom stereocenters. The van der Waals surface area contributed by atoms with Crippen molar-refractivity contribution in [1.82, 2.24) is 14.5 Å². The Balaban J connectivity index is 1.91. The van der Waals surface area contributed by atoms with Gasteiger partial charge in [0.05, 0.1) is 21.6 Å². The van der Waals surface area contributed by atoms with Crippen LogP contribution in [0.2, 0.25) is 10.0 Å². The van der Waals surface area contributed by atoms with Crippen molar-refractivity contribution in [2.45, 2.75) is 31.8 Å². The van der Waals surface area contributed by atoms with E-state index >= 15 is 0 Å². The highest BCUT2D eigenvalue weighted by molar-refractivity contribution is 7.99. The highest BCUT2D eigenvalue weighted by atomic mass is 35.5. The molecule has 0 bridgehead atoms. The summed E-state index contributed by atoms with van der Waals surface area (Å²) in [5.74, 6) is 0.799. The Bertz CT molecular complexity index is 1110. The van der Waals surface area contributed by atoms with Crippen molar-refractivity contribution < 1.29 is 4.79 Å². The number of thioether (sulfide) groups is 1. The number of aromatic nitrogens is 2. The Hall–Kier alpha value is -2.02. The van der Waals surface area contributed by atoms with Crippen LogP contribution in [0.25, 0.3) is 16.6 Å². The highest BCUT2D eigenvalue weighted by Gasteiger charge is 2.16. The Morgan fingerprint density at radius 1 is 1.13 bits per heavy atom. The molecule has 0 aliphatic carbocycles. The molecular formula is C22H23Cl2N3O2S. The van der Waals surface area contributed by atoms with Gasteiger partial charge in [-0.1, -0.05) is 47.1 Å². The van der Waals surface area contributed by atoms with Crippen LogP contribution in [0.1, 0.15) is 26.7 Å². The van der Waals surface area contributed by atoms with E-state index in [0.717, 1.165) is 0 Å². The van der Waals surface area contributed by atoms with Crippen LogP contribution in [0.4, 0.5) is 0 Å². The SMILES string of the molecule is CCN(CC)C(=O)CCCSc1nc2ccccc2c(=O)n1-c1ccc(Cl)cc1Cl. The third-order valence-electron chi connectivity index (χ3n) is 4.78. The third kappa shape index (κ3) is 4.99. The molecule has 0 radical (unpaired) electrons. The number of amides is 1. The number of fused-ring (bicyclic) bond motifs is 1. The van der Waals surface area contributed by atoms with Crippen LogP contribution >= 0.6 is 35.0 Å². The number of carbonyl (C=O) groups is 1. The lowest BCUT2D eigenvalue weighted by Gasteiger charge is -2.18. The molecule has 5 nitrogen and oxygen atoms in total. The predicted octanol–water partition coefficient (Wildman–Crippen LogP) is 5.43. The molecule has 0 fully saturated rings. The number of hydrogen-bond acceptors (Lipinski definition) is 4. The molecule has 0 N–H and O–H groups in total. The molecule has 2 aromatic carbocycles. The number of halogens is 2. The van der Waals surface area contributed by atoms with Gasteiger partial charge in [0.25, 0.3) is 5.56 Å². The van der Waals surface area contributed by atoms with Gasteiger partial charge in [0.1, 0.15) is 0 Å². The topological polar surface area (TPSA) is 55.2 Å². The summed E-state index contributed by atoms with van der Waals surface area (Å²) < 4.78 is 1.53. The van der Waals surface area contributed by atoms with Gasteiger partial charge in [-0.05, 0) is 50.6 Å². The molecule has 1 amide bonds. The second-order valence-electron chi connectivity index (χ2n) is 6.67. The first-order chi connectivity index (χ1) is 14.5. The fourth-order valence-corrected chi connectivity index (χ4v) is 4.64. The van der Waals surface area contributed by atoms with E-state index in [2.05, 4.69) is 0 Å². The summed E-state index contributed by atoms with van der Waals surface area (Å²) >= 11 is 13.9. The molecule has 3 aromatic rings. The smallest absolute Gasteiger partial charge is 0.266 e. The van der Waals surface area contributed by atoms with Gasteiger partial charge in [-0.2, -0.15) is 0 Å². The molecule has 30 heavy (non-hydrogen) atoms. The summed E-state index contributed by atoms with van der Waals surface area (Å²) in [5.41, 5.74) is 0.975. The quantitative estimate of drug-likeness (QED) is 0.253. The zero-order valence-corrected chi connectivity index (χ0v) is 19.2. The second-order valence-corrected chi connectivity index (χ2v) is 8.57. The fourth-order valence-electron chi connectivity index (χ4n) is 3.21. The summed E-state index contributed by atoms with van der Waals surface area (Å²) in [7, 11) is 0. The Morgan fingerprint density at radius 2 is 1.87 bits per heavy atom. The minimum Gasteiger partial charge on any atom is -0.343 e. The Kier molecular flexibility index (Phi) is 7.81. The van der Waals surface area contributed by atoms with Gasteiger partial charge < -0.3 is 4.90 Å². The first kappa shape index (κ1) is 22.7. The van der Waals surface area contributed by atoms with Crippen molar-refractivity contribution in [1.29, 1.82) is 0 Å². The lowest BCUT2D eigenvalue weighted by Crippen LogP contribution is -2.30. The van der Waals surface area contributed by atoms with E-state index in [1.807, 2.05) is 36.9 Å². The van der Waals surface area contributed by atoms with Crippen LogP contribution in [0.15, 0.2) is 52.4 Å². The maximum Gasteiger partial charge on any atom is 0.266 e. The van der Waals surface area contributed by atoms with Crippen molar-refractivity contribution in [3.63, 3.8) is 0 Å². The summed E-state index contributed by atoms with van der Waals surface area (Å²) in [5, 5.41) is 1.93. The molecule has 0 spiro atoms. The van der Waals surface area contributed by atoms with Crippen molar-refractivity contribution >= 4 is 51.8 Å². The Morgan fingerprint density at radius 3 is 2.57 bits per heavy atom. The van der Waals surface area contributed by atoms with E-state index < -0.39 is 0 Å². The van der Waals surface area contributed by atoms with E-state index in [-0.39, 0.29) is 11.5 Å². The lowest BCUT2D eigenvalue weighted by atomic mass is 10.2. The maximum absolute atomic E-state index is 13.3. The predicted molar refractivity (Wildman–Crippen MR) is 125 cm³/mol. The van der Waals surface area contributed by atoms with E-state index in [0.29, 0.717) is 63.5 Å². The lowest BCUT2D eigenvalue weighted by molar-refractivity contribution is -0.130. The number of carbonyl (C=O) groups excluding carboxylic acids is 1. The Labute approximate surface area is 190 Å². The zero-order valence-electron chi connectivity index (χ0n) is 16.9. The van der Waals surface area contributed by atoms with Crippen LogP contribution in [0.3, 0.4) is 0 Å². The summed E-state index contributed by atoms with van der Waals surface area (Å²) in [6, 6.07) is 12.3. The molecule has 1 aromatic heterocycles. The number of benzene rings is 2. The van der Waals surface area contributed by atoms with Gasteiger partial charge >= 0.3 is 0 Å².